The minimum absolute atomic E-state index is 0.475. The first-order valence-corrected chi connectivity index (χ1v) is 6.39. The van der Waals surface area contributed by atoms with Crippen molar-refractivity contribution < 1.29 is 35.9 Å². The highest BCUT2D eigenvalue weighted by molar-refractivity contribution is 5.95. The molecule has 0 bridgehead atoms. The third-order valence-corrected chi connectivity index (χ3v) is 2.77. The first kappa shape index (κ1) is 17.6. The number of carbonyl (C=O) groups is 1. The minimum atomic E-state index is -4.69. The summed E-state index contributed by atoms with van der Waals surface area (Å²) in [6, 6.07) is 6.64. The number of hydrogen-bond acceptors (Lipinski definition) is 2. The summed E-state index contributed by atoms with van der Waals surface area (Å²) in [5.74, 6) is -3.15. The molecule has 9 heteroatoms. The van der Waals surface area contributed by atoms with Gasteiger partial charge < -0.3 is 10.1 Å². The molecule has 0 aromatic heterocycles. The van der Waals surface area contributed by atoms with Crippen molar-refractivity contribution in [2.24, 2.45) is 0 Å². The smallest absolute Gasteiger partial charge is 0.425 e. The quantitative estimate of drug-likeness (QED) is 0.828. The number of ether oxygens (including phenoxy) is 1. The summed E-state index contributed by atoms with van der Waals surface area (Å²) in [7, 11) is 0. The van der Waals surface area contributed by atoms with Crippen molar-refractivity contribution in [2.75, 3.05) is 5.32 Å². The molecule has 2 rings (SSSR count). The van der Waals surface area contributed by atoms with Crippen LogP contribution < -0.4 is 10.1 Å². The van der Waals surface area contributed by atoms with Crippen LogP contribution in [0.15, 0.2) is 48.5 Å². The second kappa shape index (κ2) is 6.42. The normalized spacial score (nSPS) is 11.9. The van der Waals surface area contributed by atoms with Crippen molar-refractivity contribution in [3.8, 4) is 5.75 Å². The van der Waals surface area contributed by atoms with E-state index in [-0.39, 0.29) is 0 Å². The molecule has 2 aromatic rings. The lowest BCUT2D eigenvalue weighted by Gasteiger charge is -2.17. The van der Waals surface area contributed by atoms with Gasteiger partial charge in [0.15, 0.2) is 0 Å². The van der Waals surface area contributed by atoms with Crippen molar-refractivity contribution in [2.45, 2.75) is 12.3 Å². The molecule has 3 nitrogen and oxygen atoms in total. The Hall–Kier alpha value is -2.71. The van der Waals surface area contributed by atoms with Crippen LogP contribution in [-0.4, -0.2) is 12.0 Å². The van der Waals surface area contributed by atoms with Crippen LogP contribution in [0.5, 0.6) is 5.75 Å². The van der Waals surface area contributed by atoms with Gasteiger partial charge in [0, 0.05) is 5.69 Å². The molecule has 0 aliphatic rings. The highest BCUT2D eigenvalue weighted by atomic mass is 19.4. The molecule has 1 amide bonds. The molecule has 2 aromatic carbocycles. The molecule has 0 heterocycles. The summed E-state index contributed by atoms with van der Waals surface area (Å²) >= 11 is 0. The first-order chi connectivity index (χ1) is 11.1. The van der Waals surface area contributed by atoms with Gasteiger partial charge in [0.25, 0.3) is 0 Å². The number of anilines is 1. The van der Waals surface area contributed by atoms with Gasteiger partial charge in [-0.1, -0.05) is 6.07 Å². The van der Waals surface area contributed by atoms with E-state index >= 15 is 0 Å². The molecule has 0 spiro atoms. The largest absolute Gasteiger partial charge is 0.482 e. The Kier molecular flexibility index (Phi) is 4.72. The van der Waals surface area contributed by atoms with Gasteiger partial charge in [0.05, 0.1) is 5.56 Å². The molecular weight excluding hydrogens is 340 g/mol. The molecule has 0 atom stereocenters. The Bertz CT molecular complexity index is 727. The predicted molar refractivity (Wildman–Crippen MR) is 72.0 cm³/mol. The lowest BCUT2D eigenvalue weighted by Crippen LogP contribution is -2.40. The van der Waals surface area contributed by atoms with Crippen molar-refractivity contribution in [1.29, 1.82) is 0 Å². The molecule has 0 aliphatic heterocycles. The Morgan fingerprint density at radius 3 is 2.17 bits per heavy atom. The van der Waals surface area contributed by atoms with Crippen LogP contribution in [0.3, 0.4) is 0 Å². The summed E-state index contributed by atoms with van der Waals surface area (Å²) in [6.45, 7) is 0. The Morgan fingerprint density at radius 2 is 1.58 bits per heavy atom. The van der Waals surface area contributed by atoms with Gasteiger partial charge in [-0.25, -0.2) is 4.39 Å². The number of halogens is 6. The monoisotopic (exact) mass is 349 g/mol. The van der Waals surface area contributed by atoms with Crippen LogP contribution >= 0.6 is 0 Å². The standard InChI is InChI=1S/C15H9F6NO2/c16-10-4-6-12(7-5-10)24-15(20,21)13(23)22-11-3-1-2-9(8-11)14(17,18)19/h1-8H,(H,22,23). The summed E-state index contributed by atoms with van der Waals surface area (Å²) in [6.07, 6.45) is -9.06. The van der Waals surface area contributed by atoms with Gasteiger partial charge in [-0.15, -0.1) is 0 Å². The SMILES string of the molecule is O=C(Nc1cccc(C(F)(F)F)c1)C(F)(F)Oc1ccc(F)cc1. The molecule has 0 radical (unpaired) electrons. The van der Waals surface area contributed by atoms with Crippen LogP contribution in [0.1, 0.15) is 5.56 Å². The molecule has 1 N–H and O–H groups in total. The van der Waals surface area contributed by atoms with Gasteiger partial charge in [0.2, 0.25) is 0 Å². The maximum absolute atomic E-state index is 13.7. The van der Waals surface area contributed by atoms with E-state index in [9.17, 15) is 31.1 Å². The van der Waals surface area contributed by atoms with Crippen molar-refractivity contribution in [1.82, 2.24) is 0 Å². The molecule has 0 saturated carbocycles. The second-order valence-electron chi connectivity index (χ2n) is 4.61. The van der Waals surface area contributed by atoms with Gasteiger partial charge >= 0.3 is 18.2 Å². The van der Waals surface area contributed by atoms with Gasteiger partial charge in [0.1, 0.15) is 11.6 Å². The average molecular weight is 349 g/mol. The molecular formula is C15H9F6NO2. The highest BCUT2D eigenvalue weighted by Gasteiger charge is 2.42. The summed E-state index contributed by atoms with van der Waals surface area (Å²) < 4.78 is 81.8. The first-order valence-electron chi connectivity index (χ1n) is 6.39. The van der Waals surface area contributed by atoms with E-state index in [0.29, 0.717) is 6.07 Å². The molecule has 0 unspecified atom stereocenters. The van der Waals surface area contributed by atoms with Crippen molar-refractivity contribution in [3.05, 3.63) is 59.9 Å². The lowest BCUT2D eigenvalue weighted by molar-refractivity contribution is -0.187. The zero-order valence-corrected chi connectivity index (χ0v) is 11.7. The van der Waals surface area contributed by atoms with Gasteiger partial charge in [-0.3, -0.25) is 4.79 Å². The molecule has 0 fully saturated rings. The van der Waals surface area contributed by atoms with Crippen LogP contribution in [0.25, 0.3) is 0 Å². The molecule has 24 heavy (non-hydrogen) atoms. The minimum Gasteiger partial charge on any atom is -0.425 e. The Labute approximate surface area is 131 Å². The van der Waals surface area contributed by atoms with Crippen LogP contribution in [-0.2, 0) is 11.0 Å². The van der Waals surface area contributed by atoms with E-state index in [2.05, 4.69) is 4.74 Å². The van der Waals surface area contributed by atoms with E-state index in [1.165, 1.54) is 0 Å². The molecule has 0 aliphatic carbocycles. The molecule has 128 valence electrons. The average Bonchev–Trinajstić information content (AvgIpc) is 2.49. The van der Waals surface area contributed by atoms with E-state index in [1.54, 1.807) is 5.32 Å². The number of amides is 1. The maximum atomic E-state index is 13.7. The predicted octanol–water partition coefficient (Wildman–Crippen LogP) is 4.45. The zero-order chi connectivity index (χ0) is 18.0. The van der Waals surface area contributed by atoms with E-state index in [4.69, 9.17) is 0 Å². The second-order valence-corrected chi connectivity index (χ2v) is 4.61. The van der Waals surface area contributed by atoms with Gasteiger partial charge in [-0.05, 0) is 42.5 Å². The van der Waals surface area contributed by atoms with E-state index in [1.807, 2.05) is 0 Å². The fraction of sp³-hybridized carbons (Fsp3) is 0.133. The third kappa shape index (κ3) is 4.40. The maximum Gasteiger partial charge on any atom is 0.482 e. The Morgan fingerprint density at radius 1 is 0.958 bits per heavy atom. The number of hydrogen-bond donors (Lipinski definition) is 1. The lowest BCUT2D eigenvalue weighted by atomic mass is 10.2. The number of carbonyl (C=O) groups excluding carboxylic acids is 1. The Balaban J connectivity index is 2.11. The van der Waals surface area contributed by atoms with Crippen LogP contribution in [0.4, 0.5) is 32.0 Å². The topological polar surface area (TPSA) is 38.3 Å². The summed E-state index contributed by atoms with van der Waals surface area (Å²) in [5.41, 5.74) is -1.58. The van der Waals surface area contributed by atoms with E-state index in [0.717, 1.165) is 42.5 Å². The number of benzene rings is 2. The van der Waals surface area contributed by atoms with E-state index < -0.39 is 41.0 Å². The molecule has 0 saturated heterocycles. The number of nitrogens with one attached hydrogen (secondary N) is 1. The number of alkyl halides is 5. The highest BCUT2D eigenvalue weighted by Crippen LogP contribution is 2.31. The fourth-order valence-corrected chi connectivity index (χ4v) is 1.67. The summed E-state index contributed by atoms with van der Waals surface area (Å²) in [4.78, 5) is 11.5. The zero-order valence-electron chi connectivity index (χ0n) is 11.7. The fourth-order valence-electron chi connectivity index (χ4n) is 1.67. The van der Waals surface area contributed by atoms with Gasteiger partial charge in [-0.2, -0.15) is 22.0 Å². The summed E-state index contributed by atoms with van der Waals surface area (Å²) in [5, 5.41) is 1.64. The third-order valence-electron chi connectivity index (χ3n) is 2.77. The van der Waals surface area contributed by atoms with Crippen molar-refractivity contribution >= 4 is 11.6 Å². The van der Waals surface area contributed by atoms with Crippen molar-refractivity contribution in [3.63, 3.8) is 0 Å². The number of rotatable bonds is 4. The van der Waals surface area contributed by atoms with Crippen LogP contribution in [0, 0.1) is 5.82 Å². The van der Waals surface area contributed by atoms with Crippen LogP contribution in [0.2, 0.25) is 0 Å².